The van der Waals surface area contributed by atoms with Crippen LogP contribution in [0.4, 0.5) is 0 Å². The minimum atomic E-state index is 0.811. The van der Waals surface area contributed by atoms with Crippen LogP contribution < -0.4 is 0 Å². The number of hydrogen-bond donors (Lipinski definition) is 0. The number of benzene rings is 5. The number of aromatic nitrogens is 3. The predicted octanol–water partition coefficient (Wildman–Crippen LogP) is 11.3. The molecule has 0 bridgehead atoms. The van der Waals surface area contributed by atoms with E-state index in [0.29, 0.717) is 0 Å². The Hall–Kier alpha value is -6.39. The van der Waals surface area contributed by atoms with Crippen LogP contribution in [0.25, 0.3) is 88.9 Å². The highest BCUT2D eigenvalue weighted by molar-refractivity contribution is 6.19. The molecule has 0 aliphatic carbocycles. The Labute approximate surface area is 271 Å². The summed E-state index contributed by atoms with van der Waals surface area (Å²) in [6, 6.07) is 52.5. The monoisotopic (exact) mass is 601 g/mol. The molecule has 0 saturated heterocycles. The van der Waals surface area contributed by atoms with E-state index in [1.54, 1.807) is 12.4 Å². The third kappa shape index (κ3) is 4.84. The van der Waals surface area contributed by atoms with Crippen LogP contribution in [-0.4, -0.2) is 15.0 Å². The van der Waals surface area contributed by atoms with Gasteiger partial charge in [-0.15, -0.1) is 0 Å². The quantitative estimate of drug-likeness (QED) is 0.197. The highest BCUT2D eigenvalue weighted by Gasteiger charge is 2.16. The van der Waals surface area contributed by atoms with Crippen molar-refractivity contribution in [1.29, 1.82) is 0 Å². The van der Waals surface area contributed by atoms with Gasteiger partial charge in [0.05, 0.1) is 22.8 Å². The van der Waals surface area contributed by atoms with E-state index >= 15 is 0 Å². The van der Waals surface area contributed by atoms with E-state index < -0.39 is 0 Å². The highest BCUT2D eigenvalue weighted by atomic mass is 16.3. The van der Waals surface area contributed by atoms with Crippen LogP contribution in [0.1, 0.15) is 0 Å². The van der Waals surface area contributed by atoms with Crippen molar-refractivity contribution in [2.75, 3.05) is 0 Å². The topological polar surface area (TPSA) is 51.8 Å². The Kier molecular flexibility index (Phi) is 6.43. The van der Waals surface area contributed by atoms with Gasteiger partial charge in [0.15, 0.2) is 0 Å². The van der Waals surface area contributed by atoms with Crippen molar-refractivity contribution in [3.05, 3.63) is 164 Å². The number of furan rings is 1. The molecule has 9 rings (SSSR count). The van der Waals surface area contributed by atoms with Gasteiger partial charge in [-0.3, -0.25) is 9.97 Å². The molecule has 4 nitrogen and oxygen atoms in total. The lowest BCUT2D eigenvalue weighted by Crippen LogP contribution is -1.93. The Balaban J connectivity index is 1.12. The molecule has 5 aromatic carbocycles. The summed E-state index contributed by atoms with van der Waals surface area (Å²) in [5.74, 6) is 0. The normalized spacial score (nSPS) is 11.4. The molecule has 4 heterocycles. The molecule has 0 fully saturated rings. The maximum atomic E-state index is 6.60. The van der Waals surface area contributed by atoms with Crippen molar-refractivity contribution >= 4 is 32.7 Å². The van der Waals surface area contributed by atoms with Crippen LogP contribution >= 0.6 is 0 Å². The molecule has 0 amide bonds. The summed E-state index contributed by atoms with van der Waals surface area (Å²) in [5.41, 5.74) is 11.9. The molecule has 0 aliphatic rings. The van der Waals surface area contributed by atoms with Crippen molar-refractivity contribution in [2.45, 2.75) is 0 Å². The van der Waals surface area contributed by atoms with Gasteiger partial charge in [-0.25, -0.2) is 4.98 Å². The van der Waals surface area contributed by atoms with E-state index in [2.05, 4.69) is 125 Å². The van der Waals surface area contributed by atoms with E-state index in [0.717, 1.165) is 72.4 Å². The van der Waals surface area contributed by atoms with Crippen molar-refractivity contribution in [1.82, 2.24) is 15.0 Å². The average molecular weight is 602 g/mol. The Bertz CT molecular complexity index is 2480. The number of fused-ring (bicyclic) bond motifs is 5. The SMILES string of the molecule is c1ccc(-c2cc3c4ccc(-c5ccc(-c6cc(-c7ccccn7)nc(-c7ccccn7)c6)cc5)cc4oc3c3ccccc23)cc1. The number of hydrogen-bond acceptors (Lipinski definition) is 4. The second kappa shape index (κ2) is 11.2. The molecule has 0 spiro atoms. The molecule has 47 heavy (non-hydrogen) atoms. The lowest BCUT2D eigenvalue weighted by molar-refractivity contribution is 0.673. The number of pyridine rings is 3. The summed E-state index contributed by atoms with van der Waals surface area (Å²) in [6.45, 7) is 0. The number of rotatable bonds is 5. The number of nitrogens with zero attached hydrogens (tertiary/aromatic N) is 3. The van der Waals surface area contributed by atoms with Crippen LogP contribution in [0, 0.1) is 0 Å². The lowest BCUT2D eigenvalue weighted by Gasteiger charge is -2.10. The van der Waals surface area contributed by atoms with Crippen LogP contribution in [0.3, 0.4) is 0 Å². The van der Waals surface area contributed by atoms with Crippen LogP contribution in [-0.2, 0) is 0 Å². The summed E-state index contributed by atoms with van der Waals surface area (Å²) in [6.07, 6.45) is 3.59. The molecule has 0 radical (unpaired) electrons. The van der Waals surface area contributed by atoms with Gasteiger partial charge >= 0.3 is 0 Å². The standard InChI is InChI=1S/C43H27N3O/c1-2-10-30(11-3-1)36-27-37-34-21-20-31(26-42(34)47-43(37)35-13-5-4-12-33(35)36)28-16-18-29(19-17-28)32-24-40(38-14-6-8-22-44-38)46-41(25-32)39-15-7-9-23-45-39/h1-27H. The van der Waals surface area contributed by atoms with E-state index in [9.17, 15) is 0 Å². The molecule has 0 atom stereocenters. The minimum Gasteiger partial charge on any atom is -0.455 e. The van der Waals surface area contributed by atoms with Gasteiger partial charge in [0.2, 0.25) is 0 Å². The predicted molar refractivity (Wildman–Crippen MR) is 192 cm³/mol. The molecule has 0 unspecified atom stereocenters. The zero-order valence-electron chi connectivity index (χ0n) is 25.3. The molecule has 0 N–H and O–H groups in total. The van der Waals surface area contributed by atoms with Crippen molar-refractivity contribution in [3.63, 3.8) is 0 Å². The first-order chi connectivity index (χ1) is 23.3. The zero-order chi connectivity index (χ0) is 31.2. The van der Waals surface area contributed by atoms with Crippen LogP contribution in [0.15, 0.2) is 168 Å². The Morgan fingerprint density at radius 2 is 0.957 bits per heavy atom. The molecular weight excluding hydrogens is 574 g/mol. The summed E-state index contributed by atoms with van der Waals surface area (Å²) >= 11 is 0. The molecule has 0 aliphatic heterocycles. The summed E-state index contributed by atoms with van der Waals surface area (Å²) in [7, 11) is 0. The van der Waals surface area contributed by atoms with Gasteiger partial charge in [0, 0.05) is 28.6 Å². The summed E-state index contributed by atoms with van der Waals surface area (Å²) in [4.78, 5) is 14.0. The summed E-state index contributed by atoms with van der Waals surface area (Å²) < 4.78 is 6.60. The largest absolute Gasteiger partial charge is 0.455 e. The third-order valence-electron chi connectivity index (χ3n) is 8.80. The van der Waals surface area contributed by atoms with Crippen molar-refractivity contribution in [2.24, 2.45) is 0 Å². The maximum absolute atomic E-state index is 6.60. The second-order valence-electron chi connectivity index (χ2n) is 11.7. The van der Waals surface area contributed by atoms with E-state index in [4.69, 9.17) is 9.40 Å². The fraction of sp³-hybridized carbons (Fsp3) is 0. The fourth-order valence-corrected chi connectivity index (χ4v) is 6.48. The molecule has 4 heteroatoms. The molecule has 220 valence electrons. The van der Waals surface area contributed by atoms with E-state index in [1.807, 2.05) is 36.4 Å². The molecule has 4 aromatic heterocycles. The average Bonchev–Trinajstić information content (AvgIpc) is 3.53. The Morgan fingerprint density at radius 3 is 1.62 bits per heavy atom. The van der Waals surface area contributed by atoms with Gasteiger partial charge in [0.1, 0.15) is 11.2 Å². The van der Waals surface area contributed by atoms with Gasteiger partial charge < -0.3 is 4.42 Å². The van der Waals surface area contributed by atoms with Gasteiger partial charge in [-0.05, 0) is 93.4 Å². The Morgan fingerprint density at radius 1 is 0.362 bits per heavy atom. The summed E-state index contributed by atoms with van der Waals surface area (Å²) in [5, 5.41) is 4.56. The van der Waals surface area contributed by atoms with E-state index in [-0.39, 0.29) is 0 Å². The highest BCUT2D eigenvalue weighted by Crippen LogP contribution is 2.41. The van der Waals surface area contributed by atoms with Gasteiger partial charge in [0.25, 0.3) is 0 Å². The maximum Gasteiger partial charge on any atom is 0.143 e. The molecule has 9 aromatic rings. The van der Waals surface area contributed by atoms with Crippen LogP contribution in [0.5, 0.6) is 0 Å². The lowest BCUT2D eigenvalue weighted by atomic mass is 9.95. The minimum absolute atomic E-state index is 0.811. The smallest absolute Gasteiger partial charge is 0.143 e. The first kappa shape index (κ1) is 27.0. The fourth-order valence-electron chi connectivity index (χ4n) is 6.48. The second-order valence-corrected chi connectivity index (χ2v) is 11.7. The van der Waals surface area contributed by atoms with Gasteiger partial charge in [-0.1, -0.05) is 97.1 Å². The zero-order valence-corrected chi connectivity index (χ0v) is 25.3. The van der Waals surface area contributed by atoms with Crippen LogP contribution in [0.2, 0.25) is 0 Å². The first-order valence-corrected chi connectivity index (χ1v) is 15.7. The van der Waals surface area contributed by atoms with Gasteiger partial charge in [-0.2, -0.15) is 0 Å². The first-order valence-electron chi connectivity index (χ1n) is 15.7. The van der Waals surface area contributed by atoms with E-state index in [1.165, 1.54) is 16.5 Å². The third-order valence-corrected chi connectivity index (χ3v) is 8.80. The van der Waals surface area contributed by atoms with Crippen molar-refractivity contribution in [3.8, 4) is 56.2 Å². The molecular formula is C43H27N3O. The van der Waals surface area contributed by atoms with Crippen molar-refractivity contribution < 1.29 is 4.42 Å². The molecule has 0 saturated carbocycles.